The van der Waals surface area contributed by atoms with Crippen molar-refractivity contribution in [2.45, 2.75) is 52.1 Å². The van der Waals surface area contributed by atoms with E-state index < -0.39 is 5.60 Å². The molecule has 1 aliphatic rings. The molecule has 0 saturated heterocycles. The minimum atomic E-state index is -0.593. The number of hydrogen-bond donors (Lipinski definition) is 1. The fourth-order valence-electron chi connectivity index (χ4n) is 2.46. The highest BCUT2D eigenvalue weighted by Gasteiger charge is 2.41. The molecule has 1 rings (SSSR count). The van der Waals surface area contributed by atoms with Crippen LogP contribution in [0.15, 0.2) is 12.7 Å². The van der Waals surface area contributed by atoms with Gasteiger partial charge in [0, 0.05) is 0 Å². The molecule has 0 radical (unpaired) electrons. The quantitative estimate of drug-likeness (QED) is 0.650. The molecule has 0 aromatic carbocycles. The molecule has 1 saturated carbocycles. The molecule has 1 nitrogen and oxygen atoms in total. The van der Waals surface area contributed by atoms with Gasteiger partial charge in [0.2, 0.25) is 0 Å². The highest BCUT2D eigenvalue weighted by Crippen LogP contribution is 2.45. The van der Waals surface area contributed by atoms with Crippen LogP contribution in [0.5, 0.6) is 0 Å². The van der Waals surface area contributed by atoms with Crippen LogP contribution in [0.25, 0.3) is 0 Å². The molecule has 1 fully saturated rings. The van der Waals surface area contributed by atoms with Crippen molar-refractivity contribution < 1.29 is 5.11 Å². The van der Waals surface area contributed by atoms with Crippen molar-refractivity contribution in [3.63, 3.8) is 0 Å². The SMILES string of the molecule is C=CC1(O)CCC(C)(C)CC1CC. The molecule has 2 atom stereocenters. The predicted octanol–water partition coefficient (Wildman–Crippen LogP) is 3.14. The van der Waals surface area contributed by atoms with Crippen molar-refractivity contribution in [2.24, 2.45) is 11.3 Å². The summed E-state index contributed by atoms with van der Waals surface area (Å²) in [4.78, 5) is 0. The van der Waals surface area contributed by atoms with Gasteiger partial charge >= 0.3 is 0 Å². The van der Waals surface area contributed by atoms with Gasteiger partial charge in [-0.25, -0.2) is 0 Å². The Hall–Kier alpha value is -0.300. The van der Waals surface area contributed by atoms with E-state index in [1.165, 1.54) is 0 Å². The standard InChI is InChI=1S/C12H22O/c1-5-10-9-11(3,4)7-8-12(10,13)6-2/h6,10,13H,2,5,7-9H2,1,3-4H3. The van der Waals surface area contributed by atoms with Crippen LogP contribution in [0, 0.1) is 11.3 Å². The largest absolute Gasteiger partial charge is 0.386 e. The first-order valence-electron chi connectivity index (χ1n) is 5.29. The zero-order valence-electron chi connectivity index (χ0n) is 9.14. The van der Waals surface area contributed by atoms with Gasteiger partial charge in [-0.15, -0.1) is 6.58 Å². The highest BCUT2D eigenvalue weighted by atomic mass is 16.3. The maximum Gasteiger partial charge on any atom is 0.0853 e. The zero-order valence-corrected chi connectivity index (χ0v) is 9.14. The van der Waals surface area contributed by atoms with E-state index in [2.05, 4.69) is 27.4 Å². The summed E-state index contributed by atoms with van der Waals surface area (Å²) in [5.41, 5.74) is -0.194. The lowest BCUT2D eigenvalue weighted by atomic mass is 9.64. The van der Waals surface area contributed by atoms with Gasteiger partial charge in [-0.1, -0.05) is 33.3 Å². The van der Waals surface area contributed by atoms with Crippen molar-refractivity contribution in [3.8, 4) is 0 Å². The average molecular weight is 182 g/mol. The molecule has 1 aliphatic carbocycles. The monoisotopic (exact) mass is 182 g/mol. The lowest BCUT2D eigenvalue weighted by Crippen LogP contribution is -2.43. The predicted molar refractivity (Wildman–Crippen MR) is 56.6 cm³/mol. The summed E-state index contributed by atoms with van der Waals surface area (Å²) in [6.07, 6.45) is 5.89. The van der Waals surface area contributed by atoms with E-state index in [9.17, 15) is 5.11 Å². The van der Waals surface area contributed by atoms with Gasteiger partial charge in [0.25, 0.3) is 0 Å². The third-order valence-electron chi connectivity index (χ3n) is 3.55. The van der Waals surface area contributed by atoms with Crippen LogP contribution >= 0.6 is 0 Å². The number of aliphatic hydroxyl groups is 1. The van der Waals surface area contributed by atoms with Crippen molar-refractivity contribution in [1.29, 1.82) is 0 Å². The highest BCUT2D eigenvalue weighted by molar-refractivity contribution is 5.04. The molecule has 2 unspecified atom stereocenters. The van der Waals surface area contributed by atoms with E-state index in [4.69, 9.17) is 0 Å². The van der Waals surface area contributed by atoms with E-state index in [0.717, 1.165) is 25.7 Å². The minimum absolute atomic E-state index is 0.397. The summed E-state index contributed by atoms with van der Waals surface area (Å²) in [6, 6.07) is 0. The van der Waals surface area contributed by atoms with Crippen LogP contribution in [0.2, 0.25) is 0 Å². The molecule has 1 N–H and O–H groups in total. The second-order valence-electron chi connectivity index (χ2n) is 5.17. The Morgan fingerprint density at radius 1 is 1.46 bits per heavy atom. The summed E-state index contributed by atoms with van der Waals surface area (Å²) in [7, 11) is 0. The summed E-state index contributed by atoms with van der Waals surface area (Å²) in [5.74, 6) is 0.397. The Morgan fingerprint density at radius 3 is 2.54 bits per heavy atom. The topological polar surface area (TPSA) is 20.2 Å². The number of hydrogen-bond acceptors (Lipinski definition) is 1. The molecule has 0 aromatic heterocycles. The maximum absolute atomic E-state index is 10.3. The summed E-state index contributed by atoms with van der Waals surface area (Å²) in [5, 5.41) is 10.3. The molecule has 76 valence electrons. The van der Waals surface area contributed by atoms with Crippen LogP contribution in [-0.2, 0) is 0 Å². The van der Waals surface area contributed by atoms with Gasteiger partial charge in [-0.3, -0.25) is 0 Å². The van der Waals surface area contributed by atoms with Crippen molar-refractivity contribution in [3.05, 3.63) is 12.7 Å². The first-order valence-corrected chi connectivity index (χ1v) is 5.29. The van der Waals surface area contributed by atoms with Gasteiger partial charge in [-0.05, 0) is 30.6 Å². The molecular formula is C12H22O. The Balaban J connectivity index is 2.77. The molecule has 0 spiro atoms. The summed E-state index contributed by atoms with van der Waals surface area (Å²) < 4.78 is 0. The average Bonchev–Trinajstić information content (AvgIpc) is 2.09. The molecular weight excluding hydrogens is 160 g/mol. The van der Waals surface area contributed by atoms with Gasteiger partial charge < -0.3 is 5.11 Å². The smallest absolute Gasteiger partial charge is 0.0853 e. The second kappa shape index (κ2) is 3.45. The Kier molecular flexibility index (Phi) is 2.86. The lowest BCUT2D eigenvalue weighted by Gasteiger charge is -2.44. The molecule has 0 heterocycles. The van der Waals surface area contributed by atoms with E-state index in [1.54, 1.807) is 6.08 Å². The first-order chi connectivity index (χ1) is 5.93. The molecule has 1 heteroatoms. The maximum atomic E-state index is 10.3. The lowest BCUT2D eigenvalue weighted by molar-refractivity contribution is -0.0417. The first kappa shape index (κ1) is 10.8. The number of rotatable bonds is 2. The Bertz CT molecular complexity index is 195. The fourth-order valence-corrected chi connectivity index (χ4v) is 2.46. The molecule has 0 bridgehead atoms. The fraction of sp³-hybridized carbons (Fsp3) is 0.833. The Morgan fingerprint density at radius 2 is 2.08 bits per heavy atom. The molecule has 0 amide bonds. The van der Waals surface area contributed by atoms with Crippen molar-refractivity contribution in [2.75, 3.05) is 0 Å². The van der Waals surface area contributed by atoms with Gasteiger partial charge in [0.05, 0.1) is 5.60 Å². The van der Waals surface area contributed by atoms with Crippen LogP contribution in [0.1, 0.15) is 46.5 Å². The van der Waals surface area contributed by atoms with Gasteiger partial charge in [0.1, 0.15) is 0 Å². The van der Waals surface area contributed by atoms with E-state index in [1.807, 2.05) is 0 Å². The normalized spacial score (nSPS) is 38.6. The third kappa shape index (κ3) is 2.14. The van der Waals surface area contributed by atoms with Crippen LogP contribution in [0.3, 0.4) is 0 Å². The summed E-state index contributed by atoms with van der Waals surface area (Å²) in [6.45, 7) is 10.5. The van der Waals surface area contributed by atoms with Crippen molar-refractivity contribution in [1.82, 2.24) is 0 Å². The third-order valence-corrected chi connectivity index (χ3v) is 3.55. The van der Waals surface area contributed by atoms with Crippen LogP contribution in [-0.4, -0.2) is 10.7 Å². The van der Waals surface area contributed by atoms with Gasteiger partial charge in [-0.2, -0.15) is 0 Å². The second-order valence-corrected chi connectivity index (χ2v) is 5.17. The summed E-state index contributed by atoms with van der Waals surface area (Å²) >= 11 is 0. The van der Waals surface area contributed by atoms with Crippen LogP contribution < -0.4 is 0 Å². The molecule has 0 aliphatic heterocycles. The van der Waals surface area contributed by atoms with Gasteiger partial charge in [0.15, 0.2) is 0 Å². The van der Waals surface area contributed by atoms with Crippen molar-refractivity contribution >= 4 is 0 Å². The zero-order chi connectivity index (χ0) is 10.1. The van der Waals surface area contributed by atoms with E-state index in [0.29, 0.717) is 11.3 Å². The molecule has 0 aromatic rings. The van der Waals surface area contributed by atoms with Crippen LogP contribution in [0.4, 0.5) is 0 Å². The Labute approximate surface area is 81.9 Å². The van der Waals surface area contributed by atoms with E-state index in [-0.39, 0.29) is 0 Å². The minimum Gasteiger partial charge on any atom is -0.386 e. The molecule has 13 heavy (non-hydrogen) atoms. The van der Waals surface area contributed by atoms with E-state index >= 15 is 0 Å².